The average molecular weight is 590 g/mol. The first-order valence-corrected chi connectivity index (χ1v) is 13.7. The first-order valence-electron chi connectivity index (χ1n) is 12.5. The number of carboxylic acids is 1. The highest BCUT2D eigenvalue weighted by atomic mass is 35.5. The number of allylic oxidation sites excluding steroid dienone is 9. The second kappa shape index (κ2) is 15.0. The Morgan fingerprint density at radius 2 is 1.62 bits per heavy atom. The van der Waals surface area contributed by atoms with Crippen LogP contribution in [0.3, 0.4) is 0 Å². The van der Waals surface area contributed by atoms with Gasteiger partial charge in [-0.25, -0.2) is 4.79 Å². The number of rotatable bonds is 7. The Balaban J connectivity index is 0.000000282. The van der Waals surface area contributed by atoms with Crippen molar-refractivity contribution >= 4 is 40.8 Å². The molecule has 0 radical (unpaired) electrons. The molecule has 0 aromatic heterocycles. The summed E-state index contributed by atoms with van der Waals surface area (Å²) in [6.45, 7) is 10.7. The minimum Gasteiger partial charge on any atom is -0.504 e. The molecule has 2 aromatic carbocycles. The fourth-order valence-corrected chi connectivity index (χ4v) is 4.74. The molecule has 2 aromatic rings. The minimum absolute atomic E-state index is 0.0523. The van der Waals surface area contributed by atoms with E-state index in [0.29, 0.717) is 20.8 Å². The molecule has 1 aliphatic rings. The molecule has 3 rings (SSSR count). The minimum atomic E-state index is -0.912. The zero-order chi connectivity index (χ0) is 29.2. The van der Waals surface area contributed by atoms with Crippen molar-refractivity contribution in [1.29, 1.82) is 0 Å². The van der Waals surface area contributed by atoms with Gasteiger partial charge in [-0.3, -0.25) is 0 Å². The molecule has 7 heteroatoms. The molecule has 0 fully saturated rings. The maximum Gasteiger partial charge on any atom is 0.328 e. The van der Waals surface area contributed by atoms with E-state index in [2.05, 4.69) is 39.8 Å². The molecular formula is C32H35Cl3O4. The van der Waals surface area contributed by atoms with Crippen LogP contribution in [0.15, 0.2) is 95.1 Å². The van der Waals surface area contributed by atoms with Gasteiger partial charge < -0.3 is 14.9 Å². The van der Waals surface area contributed by atoms with Crippen LogP contribution >= 0.6 is 34.8 Å². The van der Waals surface area contributed by atoms with Crippen LogP contribution in [-0.2, 0) is 4.79 Å². The number of aliphatic carboxylic acids is 1. The predicted molar refractivity (Wildman–Crippen MR) is 163 cm³/mol. The van der Waals surface area contributed by atoms with Crippen LogP contribution in [0, 0.1) is 5.41 Å². The van der Waals surface area contributed by atoms with Crippen LogP contribution < -0.4 is 4.74 Å². The molecule has 2 N–H and O–H groups in total. The molecule has 4 nitrogen and oxygen atoms in total. The second-order valence-corrected chi connectivity index (χ2v) is 11.3. The van der Waals surface area contributed by atoms with Gasteiger partial charge in [0.1, 0.15) is 5.75 Å². The Kier molecular flexibility index (Phi) is 12.4. The van der Waals surface area contributed by atoms with E-state index >= 15 is 0 Å². The third-order valence-corrected chi connectivity index (χ3v) is 6.93. The maximum atomic E-state index is 10.5. The van der Waals surface area contributed by atoms with Crippen molar-refractivity contribution in [3.05, 3.63) is 110 Å². The molecule has 0 spiro atoms. The lowest BCUT2D eigenvalue weighted by Crippen LogP contribution is -2.19. The van der Waals surface area contributed by atoms with Crippen molar-refractivity contribution in [3.63, 3.8) is 0 Å². The van der Waals surface area contributed by atoms with Crippen LogP contribution in [0.2, 0.25) is 15.1 Å². The summed E-state index contributed by atoms with van der Waals surface area (Å²) < 4.78 is 5.45. The summed E-state index contributed by atoms with van der Waals surface area (Å²) >= 11 is 17.4. The Morgan fingerprint density at radius 3 is 2.21 bits per heavy atom. The molecule has 1 aliphatic carbocycles. The summed E-state index contributed by atoms with van der Waals surface area (Å²) in [5.41, 5.74) is 5.09. The van der Waals surface area contributed by atoms with Crippen molar-refractivity contribution in [2.45, 2.75) is 53.9 Å². The fraction of sp³-hybridized carbons (Fsp3) is 0.281. The number of carboxylic acid groups (broad SMARTS) is 1. The van der Waals surface area contributed by atoms with E-state index in [1.54, 1.807) is 43.3 Å². The van der Waals surface area contributed by atoms with Crippen molar-refractivity contribution in [3.8, 4) is 17.2 Å². The van der Waals surface area contributed by atoms with Gasteiger partial charge in [0.25, 0.3) is 0 Å². The van der Waals surface area contributed by atoms with Crippen molar-refractivity contribution in [1.82, 2.24) is 0 Å². The second-order valence-electron chi connectivity index (χ2n) is 10.1. The number of hydrogen-bond donors (Lipinski definition) is 2. The van der Waals surface area contributed by atoms with Crippen molar-refractivity contribution in [2.75, 3.05) is 0 Å². The van der Waals surface area contributed by atoms with Gasteiger partial charge in [-0.2, -0.15) is 0 Å². The van der Waals surface area contributed by atoms with Gasteiger partial charge >= 0.3 is 5.97 Å². The SMILES string of the molecule is CC1=C(/C=C/C(C)=C/C=C/C(C)=C/C(=O)O)C(C)(C)CCC1.Oc1cc(Cl)ccc1Oc1ccc(Cl)cc1Cl. The molecule has 0 amide bonds. The first kappa shape index (κ1) is 32.3. The zero-order valence-corrected chi connectivity index (χ0v) is 25.2. The van der Waals surface area contributed by atoms with E-state index in [0.717, 1.165) is 11.1 Å². The third-order valence-electron chi connectivity index (χ3n) is 6.16. The maximum absolute atomic E-state index is 10.5. The molecule has 0 saturated carbocycles. The van der Waals surface area contributed by atoms with Crippen molar-refractivity contribution in [2.24, 2.45) is 5.41 Å². The van der Waals surface area contributed by atoms with E-state index in [9.17, 15) is 9.90 Å². The Bertz CT molecular complexity index is 1280. The predicted octanol–water partition coefficient (Wildman–Crippen LogP) is 10.7. The number of carbonyl (C=O) groups is 1. The van der Waals surface area contributed by atoms with Gasteiger partial charge in [0.15, 0.2) is 11.5 Å². The van der Waals surface area contributed by atoms with Gasteiger partial charge in [-0.15, -0.1) is 0 Å². The Hall–Kier alpha value is -2.92. The largest absolute Gasteiger partial charge is 0.504 e. The van der Waals surface area contributed by atoms with Crippen LogP contribution in [0.4, 0.5) is 0 Å². The number of hydrogen-bond acceptors (Lipinski definition) is 3. The van der Waals surface area contributed by atoms with E-state index in [1.165, 1.54) is 42.6 Å². The van der Waals surface area contributed by atoms with E-state index in [1.807, 2.05) is 12.2 Å². The third kappa shape index (κ3) is 11.0. The summed E-state index contributed by atoms with van der Waals surface area (Å²) in [7, 11) is 0. The van der Waals surface area contributed by atoms with E-state index in [4.69, 9.17) is 44.6 Å². The van der Waals surface area contributed by atoms with Gasteiger partial charge in [-0.1, -0.05) is 90.2 Å². The molecule has 208 valence electrons. The van der Waals surface area contributed by atoms with Crippen LogP contribution in [0.1, 0.15) is 53.9 Å². The highest BCUT2D eigenvalue weighted by Crippen LogP contribution is 2.41. The molecule has 0 aliphatic heterocycles. The van der Waals surface area contributed by atoms with Gasteiger partial charge in [0, 0.05) is 22.2 Å². The smallest absolute Gasteiger partial charge is 0.328 e. The zero-order valence-electron chi connectivity index (χ0n) is 22.9. The molecule has 0 saturated heterocycles. The normalized spacial score (nSPS) is 15.9. The molecular weight excluding hydrogens is 555 g/mol. The summed E-state index contributed by atoms with van der Waals surface area (Å²) in [4.78, 5) is 10.5. The standard InChI is InChI=1S/C20H28O2.C12H7Cl3O2/c1-15(8-6-9-16(2)14-19(21)22)11-12-18-17(3)10-7-13-20(18,4)5;13-7-1-3-11(9(15)5-7)17-12-4-2-8(14)6-10(12)16/h6,8-9,11-12,14H,7,10,13H2,1-5H3,(H,21,22);1-6,16H/b9-6+,12-11+,15-8+,16-14+;. The summed E-state index contributed by atoms with van der Waals surface area (Å²) in [5, 5.41) is 19.6. The van der Waals surface area contributed by atoms with Crippen LogP contribution in [-0.4, -0.2) is 16.2 Å². The van der Waals surface area contributed by atoms with Gasteiger partial charge in [-0.05, 0) is 86.9 Å². The van der Waals surface area contributed by atoms with Crippen LogP contribution in [0.5, 0.6) is 17.2 Å². The highest BCUT2D eigenvalue weighted by Gasteiger charge is 2.26. The topological polar surface area (TPSA) is 66.8 Å². The summed E-state index contributed by atoms with van der Waals surface area (Å²) in [6.07, 6.45) is 15.0. The molecule has 0 bridgehead atoms. The number of phenolic OH excluding ortho intramolecular Hbond substituents is 1. The number of aromatic hydroxyl groups is 1. The number of ether oxygens (including phenoxy) is 1. The molecule has 0 unspecified atom stereocenters. The van der Waals surface area contributed by atoms with Crippen LogP contribution in [0.25, 0.3) is 0 Å². The lowest BCUT2D eigenvalue weighted by molar-refractivity contribution is -0.131. The summed E-state index contributed by atoms with van der Waals surface area (Å²) in [6, 6.07) is 9.39. The van der Waals surface area contributed by atoms with Gasteiger partial charge in [0.2, 0.25) is 0 Å². The monoisotopic (exact) mass is 588 g/mol. The lowest BCUT2D eigenvalue weighted by atomic mass is 9.72. The Labute approximate surface area is 246 Å². The van der Waals surface area contributed by atoms with Crippen molar-refractivity contribution < 1.29 is 19.7 Å². The number of benzene rings is 2. The molecule has 0 atom stereocenters. The fourth-order valence-electron chi connectivity index (χ4n) is 4.13. The van der Waals surface area contributed by atoms with E-state index < -0.39 is 5.97 Å². The average Bonchev–Trinajstić information content (AvgIpc) is 2.81. The Morgan fingerprint density at radius 1 is 0.974 bits per heavy atom. The number of phenols is 1. The highest BCUT2D eigenvalue weighted by molar-refractivity contribution is 6.35. The number of halogens is 3. The van der Waals surface area contributed by atoms with E-state index in [-0.39, 0.29) is 16.9 Å². The quantitative estimate of drug-likeness (QED) is 0.249. The summed E-state index contributed by atoms with van der Waals surface area (Å²) in [5.74, 6) is -0.277. The molecule has 0 heterocycles. The lowest BCUT2D eigenvalue weighted by Gasteiger charge is -2.32. The van der Waals surface area contributed by atoms with Gasteiger partial charge in [0.05, 0.1) is 5.02 Å². The first-order chi connectivity index (χ1) is 18.3. The molecule has 39 heavy (non-hydrogen) atoms.